The smallest absolute Gasteiger partial charge is 0.141 e. The maximum atomic E-state index is 5.79. The zero-order valence-corrected chi connectivity index (χ0v) is 14.2. The lowest BCUT2D eigenvalue weighted by Crippen LogP contribution is -2.44. The quantitative estimate of drug-likeness (QED) is 0.587. The van der Waals surface area contributed by atoms with E-state index in [4.69, 9.17) is 20.1 Å². The van der Waals surface area contributed by atoms with Gasteiger partial charge in [-0.1, -0.05) is 0 Å². The molecule has 1 unspecified atom stereocenters. The molecule has 3 N–H and O–H groups in total. The first-order chi connectivity index (χ1) is 9.42. The first-order valence-corrected chi connectivity index (χ1v) is 7.22. The van der Waals surface area contributed by atoms with Crippen LogP contribution in [0.5, 0.6) is 11.5 Å². The Hall–Kier alpha value is -0.820. The summed E-state index contributed by atoms with van der Waals surface area (Å²) in [5.41, 5.74) is 3.24. The Balaban J connectivity index is 3.32. The molecule has 1 atom stereocenters. The molecule has 0 aliphatic heterocycles. The SMILES string of the molecule is CCOC(C)(C)C(NN)c1ccc(OC)c(Br)c1OC. The molecule has 0 saturated carbocycles. The molecule has 114 valence electrons. The van der Waals surface area contributed by atoms with E-state index >= 15 is 0 Å². The molecule has 5 nitrogen and oxygen atoms in total. The fourth-order valence-corrected chi connectivity index (χ4v) is 2.95. The van der Waals surface area contributed by atoms with Gasteiger partial charge in [-0.15, -0.1) is 0 Å². The molecule has 0 saturated heterocycles. The van der Waals surface area contributed by atoms with Crippen molar-refractivity contribution in [3.63, 3.8) is 0 Å². The molecule has 0 heterocycles. The molecular formula is C14H23BrN2O3. The Bertz CT molecular complexity index is 452. The third kappa shape index (κ3) is 3.44. The van der Waals surface area contributed by atoms with Gasteiger partial charge >= 0.3 is 0 Å². The lowest BCUT2D eigenvalue weighted by Gasteiger charge is -2.35. The predicted molar refractivity (Wildman–Crippen MR) is 83.0 cm³/mol. The molecule has 0 radical (unpaired) electrons. The van der Waals surface area contributed by atoms with Crippen LogP contribution < -0.4 is 20.7 Å². The Morgan fingerprint density at radius 3 is 2.40 bits per heavy atom. The van der Waals surface area contributed by atoms with Crippen LogP contribution >= 0.6 is 15.9 Å². The van der Waals surface area contributed by atoms with Crippen molar-refractivity contribution in [2.75, 3.05) is 20.8 Å². The van der Waals surface area contributed by atoms with Crippen molar-refractivity contribution >= 4 is 15.9 Å². The van der Waals surface area contributed by atoms with Gasteiger partial charge in [-0.05, 0) is 48.8 Å². The van der Waals surface area contributed by atoms with Crippen molar-refractivity contribution in [1.29, 1.82) is 0 Å². The van der Waals surface area contributed by atoms with E-state index in [9.17, 15) is 0 Å². The van der Waals surface area contributed by atoms with Gasteiger partial charge in [-0.25, -0.2) is 5.43 Å². The molecule has 0 amide bonds. The van der Waals surface area contributed by atoms with E-state index in [-0.39, 0.29) is 6.04 Å². The number of halogens is 1. The van der Waals surface area contributed by atoms with Crippen molar-refractivity contribution < 1.29 is 14.2 Å². The molecule has 0 aromatic heterocycles. The highest BCUT2D eigenvalue weighted by atomic mass is 79.9. The first-order valence-electron chi connectivity index (χ1n) is 6.43. The van der Waals surface area contributed by atoms with Crippen molar-refractivity contribution in [3.8, 4) is 11.5 Å². The number of methoxy groups -OCH3 is 2. The second kappa shape index (κ2) is 7.26. The summed E-state index contributed by atoms with van der Waals surface area (Å²) in [7, 11) is 3.23. The predicted octanol–water partition coefficient (Wildman–Crippen LogP) is 2.79. The second-order valence-corrected chi connectivity index (χ2v) is 5.63. The third-order valence-corrected chi connectivity index (χ3v) is 3.96. The lowest BCUT2D eigenvalue weighted by molar-refractivity contribution is -0.0397. The Kier molecular flexibility index (Phi) is 6.26. The van der Waals surface area contributed by atoms with E-state index in [1.165, 1.54) is 0 Å². The van der Waals surface area contributed by atoms with E-state index < -0.39 is 5.60 Å². The van der Waals surface area contributed by atoms with E-state index in [2.05, 4.69) is 21.4 Å². The molecule has 1 aromatic carbocycles. The monoisotopic (exact) mass is 346 g/mol. The summed E-state index contributed by atoms with van der Waals surface area (Å²) >= 11 is 3.50. The number of benzene rings is 1. The van der Waals surface area contributed by atoms with Crippen molar-refractivity contribution in [3.05, 3.63) is 22.2 Å². The second-order valence-electron chi connectivity index (χ2n) is 4.84. The largest absolute Gasteiger partial charge is 0.495 e. The molecular weight excluding hydrogens is 324 g/mol. The van der Waals surface area contributed by atoms with Crippen molar-refractivity contribution in [1.82, 2.24) is 5.43 Å². The number of hydrazine groups is 1. The Morgan fingerprint density at radius 1 is 1.30 bits per heavy atom. The minimum absolute atomic E-state index is 0.223. The normalized spacial score (nSPS) is 13.2. The van der Waals surface area contributed by atoms with Crippen LogP contribution in [-0.4, -0.2) is 26.4 Å². The number of nitrogens with one attached hydrogen (secondary N) is 1. The summed E-state index contributed by atoms with van der Waals surface area (Å²) in [6, 6.07) is 3.57. The van der Waals surface area contributed by atoms with Crippen LogP contribution in [0.4, 0.5) is 0 Å². The molecule has 0 aliphatic rings. The number of hydrogen-bond donors (Lipinski definition) is 2. The van der Waals surface area contributed by atoms with Gasteiger partial charge in [0.25, 0.3) is 0 Å². The van der Waals surface area contributed by atoms with Crippen LogP contribution in [0.25, 0.3) is 0 Å². The highest BCUT2D eigenvalue weighted by molar-refractivity contribution is 9.10. The standard InChI is InChI=1S/C14H23BrN2O3/c1-6-20-14(2,3)13(17-16)9-7-8-10(18-4)11(15)12(9)19-5/h7-8,13,17H,6,16H2,1-5H3. The lowest BCUT2D eigenvalue weighted by atomic mass is 9.91. The summed E-state index contributed by atoms with van der Waals surface area (Å²) < 4.78 is 17.3. The number of hydrogen-bond acceptors (Lipinski definition) is 5. The molecule has 1 aromatic rings. The molecule has 0 fully saturated rings. The average molecular weight is 347 g/mol. The number of nitrogens with two attached hydrogens (primary N) is 1. The minimum Gasteiger partial charge on any atom is -0.495 e. The number of rotatable bonds is 7. The maximum absolute atomic E-state index is 5.79. The average Bonchev–Trinajstić information content (AvgIpc) is 2.39. The zero-order chi connectivity index (χ0) is 15.3. The summed E-state index contributed by atoms with van der Waals surface area (Å²) in [6.45, 7) is 6.53. The van der Waals surface area contributed by atoms with Gasteiger partial charge in [-0.3, -0.25) is 5.84 Å². The van der Waals surface area contributed by atoms with Gasteiger partial charge in [-0.2, -0.15) is 0 Å². The summed E-state index contributed by atoms with van der Waals surface area (Å²) in [5.74, 6) is 7.12. The van der Waals surface area contributed by atoms with Crippen LogP contribution in [0.3, 0.4) is 0 Å². The van der Waals surface area contributed by atoms with Gasteiger partial charge in [0.15, 0.2) is 0 Å². The van der Waals surface area contributed by atoms with Gasteiger partial charge in [0.1, 0.15) is 16.0 Å². The fraction of sp³-hybridized carbons (Fsp3) is 0.571. The molecule has 0 bridgehead atoms. The Morgan fingerprint density at radius 2 is 1.95 bits per heavy atom. The van der Waals surface area contributed by atoms with Crippen LogP contribution in [0, 0.1) is 0 Å². The van der Waals surface area contributed by atoms with Crippen LogP contribution in [0.2, 0.25) is 0 Å². The summed E-state index contributed by atoms with van der Waals surface area (Å²) in [6.07, 6.45) is 0. The molecule has 6 heteroatoms. The molecule has 0 aliphatic carbocycles. The van der Waals surface area contributed by atoms with Crippen LogP contribution in [-0.2, 0) is 4.74 Å². The van der Waals surface area contributed by atoms with E-state index in [0.717, 1.165) is 10.0 Å². The Labute approximate surface area is 128 Å². The number of ether oxygens (including phenoxy) is 3. The highest BCUT2D eigenvalue weighted by Crippen LogP contribution is 2.42. The van der Waals surface area contributed by atoms with Crippen LogP contribution in [0.15, 0.2) is 16.6 Å². The van der Waals surface area contributed by atoms with Crippen molar-refractivity contribution in [2.24, 2.45) is 5.84 Å². The first kappa shape index (κ1) is 17.2. The van der Waals surface area contributed by atoms with Gasteiger partial charge in [0, 0.05) is 12.2 Å². The summed E-state index contributed by atoms with van der Waals surface area (Å²) in [4.78, 5) is 0. The van der Waals surface area contributed by atoms with E-state index in [1.54, 1.807) is 14.2 Å². The third-order valence-electron chi connectivity index (χ3n) is 3.21. The molecule has 20 heavy (non-hydrogen) atoms. The molecule has 1 rings (SSSR count). The summed E-state index contributed by atoms with van der Waals surface area (Å²) in [5, 5.41) is 0. The van der Waals surface area contributed by atoms with Crippen molar-refractivity contribution in [2.45, 2.75) is 32.4 Å². The zero-order valence-electron chi connectivity index (χ0n) is 12.6. The van der Waals surface area contributed by atoms with E-state index in [0.29, 0.717) is 18.1 Å². The van der Waals surface area contributed by atoms with Gasteiger partial charge < -0.3 is 14.2 Å². The van der Waals surface area contributed by atoms with Crippen LogP contribution in [0.1, 0.15) is 32.4 Å². The highest BCUT2D eigenvalue weighted by Gasteiger charge is 2.33. The van der Waals surface area contributed by atoms with E-state index in [1.807, 2.05) is 32.9 Å². The topological polar surface area (TPSA) is 65.7 Å². The minimum atomic E-state index is -0.481. The maximum Gasteiger partial charge on any atom is 0.141 e. The fourth-order valence-electron chi connectivity index (χ4n) is 2.27. The molecule has 0 spiro atoms. The van der Waals surface area contributed by atoms with Gasteiger partial charge in [0.05, 0.1) is 25.9 Å². The van der Waals surface area contributed by atoms with Gasteiger partial charge in [0.2, 0.25) is 0 Å².